The SMILES string of the molecule is C[Si](C)(C)OC(=O)CCC(=O)C(=O)O[Si](C)(C)C. The Hall–Kier alpha value is -0.956. The molecule has 0 rings (SSSR count). The van der Waals surface area contributed by atoms with Gasteiger partial charge in [-0.2, -0.15) is 0 Å². The van der Waals surface area contributed by atoms with Crippen molar-refractivity contribution in [3.05, 3.63) is 0 Å². The zero-order chi connectivity index (χ0) is 14.6. The molecule has 5 nitrogen and oxygen atoms in total. The van der Waals surface area contributed by atoms with Crippen molar-refractivity contribution in [2.75, 3.05) is 0 Å². The summed E-state index contributed by atoms with van der Waals surface area (Å²) >= 11 is 0. The summed E-state index contributed by atoms with van der Waals surface area (Å²) in [7, 11) is -3.99. The third-order valence-corrected chi connectivity index (χ3v) is 3.24. The van der Waals surface area contributed by atoms with Crippen LogP contribution in [0.25, 0.3) is 0 Å². The zero-order valence-corrected chi connectivity index (χ0v) is 14.0. The summed E-state index contributed by atoms with van der Waals surface area (Å²) in [5, 5.41) is 0. The first-order valence-electron chi connectivity index (χ1n) is 5.89. The highest BCUT2D eigenvalue weighted by Crippen LogP contribution is 2.08. The number of Topliss-reactive ketones (excluding diaryl/α,β-unsaturated/α-hetero) is 1. The van der Waals surface area contributed by atoms with E-state index in [0.29, 0.717) is 0 Å². The predicted octanol–water partition coefficient (Wildman–Crippen LogP) is 2.09. The largest absolute Gasteiger partial charge is 0.520 e. The predicted molar refractivity (Wildman–Crippen MR) is 73.1 cm³/mol. The van der Waals surface area contributed by atoms with Crippen molar-refractivity contribution in [2.24, 2.45) is 0 Å². The summed E-state index contributed by atoms with van der Waals surface area (Å²) < 4.78 is 10.2. The summed E-state index contributed by atoms with van der Waals surface area (Å²) in [6, 6.07) is 0. The lowest BCUT2D eigenvalue weighted by Gasteiger charge is -2.18. The standard InChI is InChI=1S/C11H22O5Si2/c1-17(2,3)15-10(13)8-7-9(12)11(14)16-18(4,5)6/h7-8H2,1-6H3. The lowest BCUT2D eigenvalue weighted by molar-refractivity contribution is -0.148. The van der Waals surface area contributed by atoms with Crippen LogP contribution in [-0.4, -0.2) is 34.4 Å². The lowest BCUT2D eigenvalue weighted by atomic mass is 10.2. The summed E-state index contributed by atoms with van der Waals surface area (Å²) in [6.07, 6.45) is -0.212. The molecule has 0 fully saturated rings. The fourth-order valence-corrected chi connectivity index (χ4v) is 2.50. The highest BCUT2D eigenvalue weighted by atomic mass is 28.4. The van der Waals surface area contributed by atoms with E-state index in [0.717, 1.165) is 0 Å². The third-order valence-electron chi connectivity index (χ3n) is 1.60. The maximum atomic E-state index is 11.4. The Morgan fingerprint density at radius 2 is 1.22 bits per heavy atom. The summed E-state index contributed by atoms with van der Waals surface area (Å²) in [6.45, 7) is 11.1. The van der Waals surface area contributed by atoms with Crippen LogP contribution in [0.15, 0.2) is 0 Å². The first-order chi connectivity index (χ1) is 7.91. The molecule has 0 atom stereocenters. The Balaban J connectivity index is 4.12. The van der Waals surface area contributed by atoms with E-state index in [9.17, 15) is 14.4 Å². The van der Waals surface area contributed by atoms with E-state index in [1.165, 1.54) is 0 Å². The average Bonchev–Trinajstić information content (AvgIpc) is 2.08. The van der Waals surface area contributed by atoms with Crippen molar-refractivity contribution in [2.45, 2.75) is 52.1 Å². The second-order valence-electron chi connectivity index (χ2n) is 6.01. The van der Waals surface area contributed by atoms with E-state index in [-0.39, 0.29) is 12.8 Å². The van der Waals surface area contributed by atoms with Gasteiger partial charge in [0.1, 0.15) is 0 Å². The minimum atomic E-state index is -2.06. The Morgan fingerprint density at radius 1 is 0.778 bits per heavy atom. The van der Waals surface area contributed by atoms with E-state index in [4.69, 9.17) is 8.85 Å². The van der Waals surface area contributed by atoms with E-state index in [2.05, 4.69) is 0 Å². The Morgan fingerprint density at radius 3 is 1.61 bits per heavy atom. The van der Waals surface area contributed by atoms with Crippen LogP contribution in [0.3, 0.4) is 0 Å². The van der Waals surface area contributed by atoms with Gasteiger partial charge in [0.25, 0.3) is 5.97 Å². The molecule has 18 heavy (non-hydrogen) atoms. The number of hydrogen-bond acceptors (Lipinski definition) is 5. The van der Waals surface area contributed by atoms with Crippen molar-refractivity contribution in [3.8, 4) is 0 Å². The molecular weight excluding hydrogens is 268 g/mol. The minimum Gasteiger partial charge on any atom is -0.520 e. The summed E-state index contributed by atoms with van der Waals surface area (Å²) in [4.78, 5) is 34.2. The second-order valence-corrected chi connectivity index (χ2v) is 14.9. The van der Waals surface area contributed by atoms with Crippen molar-refractivity contribution in [1.29, 1.82) is 0 Å². The molecule has 0 aromatic carbocycles. The van der Waals surface area contributed by atoms with Gasteiger partial charge in [0.15, 0.2) is 0 Å². The maximum absolute atomic E-state index is 11.4. The van der Waals surface area contributed by atoms with Gasteiger partial charge in [-0.25, -0.2) is 4.79 Å². The molecular formula is C11H22O5Si2. The quantitative estimate of drug-likeness (QED) is 0.553. The lowest BCUT2D eigenvalue weighted by Crippen LogP contribution is -2.33. The van der Waals surface area contributed by atoms with Crippen molar-refractivity contribution in [1.82, 2.24) is 0 Å². The van der Waals surface area contributed by atoms with Gasteiger partial charge in [-0.15, -0.1) is 0 Å². The van der Waals surface area contributed by atoms with Gasteiger partial charge in [0.2, 0.25) is 22.4 Å². The molecule has 0 aliphatic carbocycles. The van der Waals surface area contributed by atoms with Crippen LogP contribution in [0.1, 0.15) is 12.8 Å². The van der Waals surface area contributed by atoms with Crippen LogP contribution in [-0.2, 0) is 23.2 Å². The number of hydrogen-bond donors (Lipinski definition) is 0. The van der Waals surface area contributed by atoms with Gasteiger partial charge in [0, 0.05) is 6.42 Å². The molecule has 0 aromatic heterocycles. The molecule has 104 valence electrons. The monoisotopic (exact) mass is 290 g/mol. The molecule has 0 unspecified atom stereocenters. The Labute approximate surface area is 110 Å². The van der Waals surface area contributed by atoms with Gasteiger partial charge < -0.3 is 8.85 Å². The van der Waals surface area contributed by atoms with E-state index in [1.807, 2.05) is 39.3 Å². The highest BCUT2D eigenvalue weighted by Gasteiger charge is 2.26. The van der Waals surface area contributed by atoms with Crippen LogP contribution < -0.4 is 0 Å². The molecule has 0 aliphatic heterocycles. The summed E-state index contributed by atoms with van der Waals surface area (Å²) in [5.41, 5.74) is 0. The number of ketones is 1. The van der Waals surface area contributed by atoms with E-state index in [1.54, 1.807) is 0 Å². The number of carbonyl (C=O) groups excluding carboxylic acids is 3. The van der Waals surface area contributed by atoms with Gasteiger partial charge in [-0.05, 0) is 39.3 Å². The van der Waals surface area contributed by atoms with Crippen LogP contribution in [0.4, 0.5) is 0 Å². The van der Waals surface area contributed by atoms with Crippen LogP contribution in [0, 0.1) is 0 Å². The first-order valence-corrected chi connectivity index (χ1v) is 12.7. The molecule has 0 bridgehead atoms. The molecule has 0 saturated heterocycles. The molecule has 0 spiro atoms. The highest BCUT2D eigenvalue weighted by molar-refractivity contribution is 6.72. The Bertz CT molecular complexity index is 338. The van der Waals surface area contributed by atoms with Crippen molar-refractivity contribution >= 4 is 34.4 Å². The van der Waals surface area contributed by atoms with Crippen LogP contribution in [0.2, 0.25) is 39.3 Å². The normalized spacial score (nSPS) is 11.9. The third kappa shape index (κ3) is 9.11. The van der Waals surface area contributed by atoms with Gasteiger partial charge in [-0.1, -0.05) is 0 Å². The Kier molecular flexibility index (Phi) is 5.95. The second kappa shape index (κ2) is 6.28. The molecule has 0 aromatic rings. The molecule has 0 N–H and O–H groups in total. The minimum absolute atomic E-state index is 0.0656. The first kappa shape index (κ1) is 17.0. The molecule has 0 amide bonds. The fourth-order valence-electron chi connectivity index (χ4n) is 1.05. The van der Waals surface area contributed by atoms with Crippen molar-refractivity contribution < 1.29 is 23.2 Å². The smallest absolute Gasteiger partial charge is 0.361 e. The molecule has 0 radical (unpaired) electrons. The summed E-state index contributed by atoms with van der Waals surface area (Å²) in [5.74, 6) is -1.93. The van der Waals surface area contributed by atoms with E-state index < -0.39 is 34.4 Å². The van der Waals surface area contributed by atoms with Gasteiger partial charge >= 0.3 is 5.97 Å². The molecule has 0 heterocycles. The number of carbonyl (C=O) groups is 3. The van der Waals surface area contributed by atoms with Gasteiger partial charge in [0.05, 0.1) is 6.42 Å². The van der Waals surface area contributed by atoms with Crippen LogP contribution in [0.5, 0.6) is 0 Å². The number of rotatable bonds is 6. The molecule has 0 aliphatic rings. The van der Waals surface area contributed by atoms with Crippen LogP contribution >= 0.6 is 0 Å². The van der Waals surface area contributed by atoms with E-state index >= 15 is 0 Å². The zero-order valence-electron chi connectivity index (χ0n) is 12.0. The molecule has 7 heteroatoms. The fraction of sp³-hybridized carbons (Fsp3) is 0.727. The average molecular weight is 290 g/mol. The van der Waals surface area contributed by atoms with Crippen molar-refractivity contribution in [3.63, 3.8) is 0 Å². The molecule has 0 saturated carbocycles. The topological polar surface area (TPSA) is 69.7 Å². The maximum Gasteiger partial charge on any atom is 0.361 e. The van der Waals surface area contributed by atoms with Gasteiger partial charge in [-0.3, -0.25) is 9.59 Å².